The molecule has 4 heteroatoms. The molecule has 0 N–H and O–H groups in total. The minimum Gasteiger partial charge on any atom is -0.303 e. The molecular weight excluding hydrogens is 166 g/mol. The highest BCUT2D eigenvalue weighted by atomic mass is 16.1. The number of nitrogens with zero attached hydrogens (tertiary/aromatic N) is 3. The summed E-state index contributed by atoms with van der Waals surface area (Å²) >= 11 is 0. The number of aldehydes is 1. The molecule has 0 aromatic rings. The van der Waals surface area contributed by atoms with Crippen molar-refractivity contribution in [3.05, 3.63) is 10.4 Å². The predicted molar refractivity (Wildman–Crippen MR) is 50.2 cm³/mol. The van der Waals surface area contributed by atoms with Gasteiger partial charge in [0.2, 0.25) is 0 Å². The summed E-state index contributed by atoms with van der Waals surface area (Å²) < 4.78 is 0. The molecule has 1 saturated carbocycles. The minimum atomic E-state index is 0.0534. The fraction of sp³-hybridized carbons (Fsp3) is 0.889. The van der Waals surface area contributed by atoms with Crippen LogP contribution in [0, 0.1) is 5.92 Å². The zero-order chi connectivity index (χ0) is 9.52. The molecular formula is C9H15N3O. The van der Waals surface area contributed by atoms with Crippen molar-refractivity contribution in [2.45, 2.75) is 44.6 Å². The van der Waals surface area contributed by atoms with Gasteiger partial charge in [0.05, 0.1) is 0 Å². The molecule has 0 spiro atoms. The molecule has 1 aliphatic rings. The second kappa shape index (κ2) is 5.60. The Morgan fingerprint density at radius 2 is 2.15 bits per heavy atom. The lowest BCUT2D eigenvalue weighted by molar-refractivity contribution is -0.108. The Morgan fingerprint density at radius 1 is 1.38 bits per heavy atom. The van der Waals surface area contributed by atoms with Crippen LogP contribution in [0.4, 0.5) is 0 Å². The number of hydrogen-bond acceptors (Lipinski definition) is 2. The third-order valence-corrected chi connectivity index (χ3v) is 2.72. The van der Waals surface area contributed by atoms with E-state index in [0.717, 1.165) is 32.0 Å². The number of carbonyl (C=O) groups excluding carboxylic acids is 1. The van der Waals surface area contributed by atoms with E-state index in [1.165, 1.54) is 6.42 Å². The zero-order valence-electron chi connectivity index (χ0n) is 7.72. The molecule has 13 heavy (non-hydrogen) atoms. The first kappa shape index (κ1) is 10.1. The van der Waals surface area contributed by atoms with Crippen LogP contribution in [0.2, 0.25) is 0 Å². The standard InChI is InChI=1S/C9H15N3O/c10-12-11-9-5-3-1-2-4-8(9)6-7-13/h7-9H,1-6H2/t8-,9-/m0/s1. The van der Waals surface area contributed by atoms with Crippen LogP contribution in [0.3, 0.4) is 0 Å². The molecule has 0 radical (unpaired) electrons. The van der Waals surface area contributed by atoms with Gasteiger partial charge >= 0.3 is 0 Å². The number of carbonyl (C=O) groups is 1. The van der Waals surface area contributed by atoms with Gasteiger partial charge in [-0.1, -0.05) is 24.4 Å². The van der Waals surface area contributed by atoms with Gasteiger partial charge in [-0.15, -0.1) is 0 Å². The molecule has 0 aromatic carbocycles. The van der Waals surface area contributed by atoms with E-state index in [-0.39, 0.29) is 12.0 Å². The zero-order valence-corrected chi connectivity index (χ0v) is 7.72. The van der Waals surface area contributed by atoms with Crippen molar-refractivity contribution in [2.75, 3.05) is 0 Å². The Kier molecular flexibility index (Phi) is 4.33. The molecule has 0 aliphatic heterocycles. The highest BCUT2D eigenvalue weighted by Crippen LogP contribution is 2.27. The van der Waals surface area contributed by atoms with Gasteiger partial charge in [0.15, 0.2) is 0 Å². The van der Waals surface area contributed by atoms with Crippen LogP contribution in [0.15, 0.2) is 5.11 Å². The second-order valence-electron chi connectivity index (χ2n) is 3.57. The van der Waals surface area contributed by atoms with Gasteiger partial charge < -0.3 is 4.79 Å². The molecule has 4 nitrogen and oxygen atoms in total. The number of hydrogen-bond donors (Lipinski definition) is 0. The fourth-order valence-corrected chi connectivity index (χ4v) is 1.98. The summed E-state index contributed by atoms with van der Waals surface area (Å²) in [5.41, 5.74) is 8.37. The predicted octanol–water partition coefficient (Wildman–Crippen LogP) is 2.83. The topological polar surface area (TPSA) is 65.8 Å². The van der Waals surface area contributed by atoms with Crippen LogP contribution in [0.5, 0.6) is 0 Å². The first-order valence-corrected chi connectivity index (χ1v) is 4.86. The van der Waals surface area contributed by atoms with Crippen molar-refractivity contribution in [1.29, 1.82) is 0 Å². The van der Waals surface area contributed by atoms with Crippen molar-refractivity contribution >= 4 is 6.29 Å². The van der Waals surface area contributed by atoms with Crippen LogP contribution in [0.25, 0.3) is 10.4 Å². The van der Waals surface area contributed by atoms with Gasteiger partial charge in [-0.05, 0) is 24.3 Å². The third kappa shape index (κ3) is 3.07. The van der Waals surface area contributed by atoms with Crippen LogP contribution >= 0.6 is 0 Å². The number of rotatable bonds is 3. The molecule has 1 aliphatic carbocycles. The maximum atomic E-state index is 10.4. The molecule has 0 unspecified atom stereocenters. The second-order valence-corrected chi connectivity index (χ2v) is 3.57. The number of azide groups is 1. The smallest absolute Gasteiger partial charge is 0.120 e. The lowest BCUT2D eigenvalue weighted by atomic mass is 9.93. The van der Waals surface area contributed by atoms with Crippen molar-refractivity contribution in [3.8, 4) is 0 Å². The van der Waals surface area contributed by atoms with Gasteiger partial charge in [-0.25, -0.2) is 0 Å². The Bertz CT molecular complexity index is 211. The Morgan fingerprint density at radius 3 is 2.85 bits per heavy atom. The molecule has 1 rings (SSSR count). The Labute approximate surface area is 77.9 Å². The SMILES string of the molecule is [N-]=[N+]=N[C@H]1CCCCC[C@H]1CC=O. The summed E-state index contributed by atoms with van der Waals surface area (Å²) in [6.07, 6.45) is 6.95. The molecule has 2 atom stereocenters. The molecule has 72 valence electrons. The van der Waals surface area contributed by atoms with Gasteiger partial charge in [-0.2, -0.15) is 0 Å². The summed E-state index contributed by atoms with van der Waals surface area (Å²) in [5, 5.41) is 3.77. The van der Waals surface area contributed by atoms with Crippen molar-refractivity contribution in [1.82, 2.24) is 0 Å². The molecule has 0 saturated heterocycles. The quantitative estimate of drug-likeness (QED) is 0.217. The highest BCUT2D eigenvalue weighted by molar-refractivity contribution is 5.49. The van der Waals surface area contributed by atoms with Crippen LogP contribution < -0.4 is 0 Å². The normalized spacial score (nSPS) is 28.6. The monoisotopic (exact) mass is 181 g/mol. The summed E-state index contributed by atoms with van der Waals surface area (Å²) in [6, 6.07) is 0.0534. The summed E-state index contributed by atoms with van der Waals surface area (Å²) in [7, 11) is 0. The molecule has 0 heterocycles. The molecule has 1 fully saturated rings. The van der Waals surface area contributed by atoms with Gasteiger partial charge in [-0.3, -0.25) is 0 Å². The average molecular weight is 181 g/mol. The first-order valence-electron chi connectivity index (χ1n) is 4.86. The van der Waals surface area contributed by atoms with E-state index in [2.05, 4.69) is 10.0 Å². The maximum Gasteiger partial charge on any atom is 0.120 e. The van der Waals surface area contributed by atoms with E-state index in [1.54, 1.807) is 0 Å². The maximum absolute atomic E-state index is 10.4. The van der Waals surface area contributed by atoms with Crippen LogP contribution in [-0.2, 0) is 4.79 Å². The van der Waals surface area contributed by atoms with E-state index < -0.39 is 0 Å². The summed E-state index contributed by atoms with van der Waals surface area (Å²) in [4.78, 5) is 13.2. The molecule has 0 amide bonds. The third-order valence-electron chi connectivity index (χ3n) is 2.72. The summed E-state index contributed by atoms with van der Waals surface area (Å²) in [5.74, 6) is 0.288. The average Bonchev–Trinajstić information content (AvgIpc) is 2.33. The van der Waals surface area contributed by atoms with E-state index in [4.69, 9.17) is 5.53 Å². The van der Waals surface area contributed by atoms with E-state index in [1.807, 2.05) is 0 Å². The van der Waals surface area contributed by atoms with Crippen LogP contribution in [-0.4, -0.2) is 12.3 Å². The van der Waals surface area contributed by atoms with Gasteiger partial charge in [0, 0.05) is 17.4 Å². The Hall–Kier alpha value is -1.02. The largest absolute Gasteiger partial charge is 0.303 e. The van der Waals surface area contributed by atoms with E-state index in [0.29, 0.717) is 6.42 Å². The first-order chi connectivity index (χ1) is 6.38. The van der Waals surface area contributed by atoms with Crippen molar-refractivity contribution in [3.63, 3.8) is 0 Å². The minimum absolute atomic E-state index is 0.0534. The van der Waals surface area contributed by atoms with Crippen molar-refractivity contribution in [2.24, 2.45) is 11.0 Å². The van der Waals surface area contributed by atoms with Gasteiger partial charge in [0.25, 0.3) is 0 Å². The van der Waals surface area contributed by atoms with E-state index >= 15 is 0 Å². The lowest BCUT2D eigenvalue weighted by Crippen LogP contribution is -2.16. The lowest BCUT2D eigenvalue weighted by Gasteiger charge is -2.17. The fourth-order valence-electron chi connectivity index (χ4n) is 1.98. The van der Waals surface area contributed by atoms with Crippen molar-refractivity contribution < 1.29 is 4.79 Å². The molecule has 0 bridgehead atoms. The highest BCUT2D eigenvalue weighted by Gasteiger charge is 2.21. The Balaban J connectivity index is 2.59. The molecule has 0 aromatic heterocycles. The van der Waals surface area contributed by atoms with Gasteiger partial charge in [0.1, 0.15) is 6.29 Å². The van der Waals surface area contributed by atoms with Crippen LogP contribution in [0.1, 0.15) is 38.5 Å². The summed E-state index contributed by atoms with van der Waals surface area (Å²) in [6.45, 7) is 0. The van der Waals surface area contributed by atoms with E-state index in [9.17, 15) is 4.79 Å².